The number of anilines is 1. The molecule has 4 rings (SSSR count). The van der Waals surface area contributed by atoms with E-state index in [4.69, 9.17) is 10.3 Å². The van der Waals surface area contributed by atoms with Crippen molar-refractivity contribution in [2.75, 3.05) is 12.3 Å². The highest BCUT2D eigenvalue weighted by atomic mass is 32.2. The molecule has 2 N–H and O–H groups in total. The van der Waals surface area contributed by atoms with Crippen molar-refractivity contribution in [2.24, 2.45) is 0 Å². The third-order valence-corrected chi connectivity index (χ3v) is 5.83. The second kappa shape index (κ2) is 5.53. The van der Waals surface area contributed by atoms with Gasteiger partial charge in [-0.05, 0) is 24.1 Å². The lowest BCUT2D eigenvalue weighted by molar-refractivity contribution is 0.382. The summed E-state index contributed by atoms with van der Waals surface area (Å²) >= 11 is 0. The predicted molar refractivity (Wildman–Crippen MR) is 87.2 cm³/mol. The summed E-state index contributed by atoms with van der Waals surface area (Å²) in [4.78, 5) is 8.10. The van der Waals surface area contributed by atoms with Gasteiger partial charge in [0.15, 0.2) is 5.58 Å². The average Bonchev–Trinajstić information content (AvgIpc) is 2.97. The third kappa shape index (κ3) is 2.61. The number of para-hydroxylation sites is 1. The van der Waals surface area contributed by atoms with Crippen molar-refractivity contribution in [2.45, 2.75) is 18.7 Å². The minimum absolute atomic E-state index is 0.149. The summed E-state index contributed by atoms with van der Waals surface area (Å²) in [5.74, 6) is -0.0598. The fraction of sp³-hybridized carbons (Fsp3) is 0.267. The molecule has 0 saturated heterocycles. The number of nitrogens with two attached hydrogens (primary N) is 1. The maximum atomic E-state index is 12.8. The summed E-state index contributed by atoms with van der Waals surface area (Å²) in [5.41, 5.74) is 8.18. The number of benzene rings is 1. The van der Waals surface area contributed by atoms with E-state index in [0.717, 1.165) is 5.56 Å². The number of aromatic nitrogens is 3. The first-order valence-corrected chi connectivity index (χ1v) is 9.05. The van der Waals surface area contributed by atoms with Crippen LogP contribution in [-0.2, 0) is 28.7 Å². The standard InChI is InChI=1S/C15H15N5O3S/c16-15-17-7-10-5-6-20(8-12(10)18-15)24(21,22)9-13-11-3-1-2-4-14(11)23-19-13/h1-4,7H,5-6,8-9H2,(H2,16,17,18). The Balaban J connectivity index is 1.61. The van der Waals surface area contributed by atoms with Crippen LogP contribution in [0.15, 0.2) is 35.0 Å². The summed E-state index contributed by atoms with van der Waals surface area (Å²) in [7, 11) is -3.54. The van der Waals surface area contributed by atoms with Crippen LogP contribution in [0.2, 0.25) is 0 Å². The Labute approximate surface area is 138 Å². The van der Waals surface area contributed by atoms with Crippen LogP contribution in [0.25, 0.3) is 11.0 Å². The third-order valence-electron chi connectivity index (χ3n) is 4.09. The lowest BCUT2D eigenvalue weighted by Crippen LogP contribution is -2.37. The molecule has 0 saturated carbocycles. The second-order valence-corrected chi connectivity index (χ2v) is 7.63. The Morgan fingerprint density at radius 3 is 3.00 bits per heavy atom. The van der Waals surface area contributed by atoms with Gasteiger partial charge in [-0.2, -0.15) is 4.31 Å². The Morgan fingerprint density at radius 1 is 1.29 bits per heavy atom. The van der Waals surface area contributed by atoms with E-state index in [2.05, 4.69) is 15.1 Å². The van der Waals surface area contributed by atoms with Crippen LogP contribution >= 0.6 is 0 Å². The van der Waals surface area contributed by atoms with E-state index in [-0.39, 0.29) is 18.2 Å². The summed E-state index contributed by atoms with van der Waals surface area (Å²) in [6.07, 6.45) is 2.22. The van der Waals surface area contributed by atoms with Crippen LogP contribution in [0.5, 0.6) is 0 Å². The van der Waals surface area contributed by atoms with Gasteiger partial charge < -0.3 is 10.3 Å². The Bertz CT molecular complexity index is 1010. The van der Waals surface area contributed by atoms with Crippen molar-refractivity contribution >= 4 is 26.9 Å². The van der Waals surface area contributed by atoms with Gasteiger partial charge in [0.1, 0.15) is 11.4 Å². The minimum Gasteiger partial charge on any atom is -0.368 e. The van der Waals surface area contributed by atoms with Crippen LogP contribution in [0.4, 0.5) is 5.95 Å². The molecular weight excluding hydrogens is 330 g/mol. The van der Waals surface area contributed by atoms with Gasteiger partial charge in [-0.1, -0.05) is 17.3 Å². The normalized spacial score (nSPS) is 15.5. The molecule has 3 heterocycles. The monoisotopic (exact) mass is 345 g/mol. The van der Waals surface area contributed by atoms with Gasteiger partial charge in [-0.15, -0.1) is 0 Å². The number of nitrogen functional groups attached to an aromatic ring is 1. The molecule has 24 heavy (non-hydrogen) atoms. The molecule has 0 radical (unpaired) electrons. The van der Waals surface area contributed by atoms with Gasteiger partial charge in [-0.3, -0.25) is 0 Å². The van der Waals surface area contributed by atoms with E-state index in [1.165, 1.54) is 4.31 Å². The van der Waals surface area contributed by atoms with Gasteiger partial charge in [0, 0.05) is 18.1 Å². The smallest absolute Gasteiger partial charge is 0.220 e. The fourth-order valence-electron chi connectivity index (χ4n) is 2.84. The molecule has 0 unspecified atom stereocenters. The highest BCUT2D eigenvalue weighted by Gasteiger charge is 2.29. The summed E-state index contributed by atoms with van der Waals surface area (Å²) in [6.45, 7) is 0.582. The summed E-state index contributed by atoms with van der Waals surface area (Å²) in [6, 6.07) is 7.20. The first-order valence-electron chi connectivity index (χ1n) is 7.44. The first-order chi connectivity index (χ1) is 11.5. The first kappa shape index (κ1) is 15.0. The Hall–Kier alpha value is -2.52. The van der Waals surface area contributed by atoms with Crippen LogP contribution < -0.4 is 5.73 Å². The van der Waals surface area contributed by atoms with Crippen LogP contribution in [0, 0.1) is 0 Å². The van der Waals surface area contributed by atoms with Crippen molar-refractivity contribution in [3.05, 3.63) is 47.4 Å². The predicted octanol–water partition coefficient (Wildman–Crippen LogP) is 1.09. The SMILES string of the molecule is Nc1ncc2c(n1)CN(S(=O)(=O)Cc1noc3ccccc13)CC2. The van der Waals surface area contributed by atoms with Gasteiger partial charge in [0.25, 0.3) is 0 Å². The molecule has 0 bridgehead atoms. The van der Waals surface area contributed by atoms with Crippen LogP contribution in [0.3, 0.4) is 0 Å². The van der Waals surface area contributed by atoms with Crippen LogP contribution in [-0.4, -0.2) is 34.4 Å². The molecule has 0 aliphatic carbocycles. The molecule has 9 heteroatoms. The second-order valence-electron chi connectivity index (χ2n) is 5.67. The Morgan fingerprint density at radius 2 is 2.12 bits per heavy atom. The van der Waals surface area contributed by atoms with E-state index in [1.54, 1.807) is 18.3 Å². The van der Waals surface area contributed by atoms with Crippen molar-refractivity contribution in [1.29, 1.82) is 0 Å². The van der Waals surface area contributed by atoms with E-state index in [9.17, 15) is 8.42 Å². The molecule has 0 atom stereocenters. The van der Waals surface area contributed by atoms with E-state index in [1.807, 2.05) is 12.1 Å². The highest BCUT2D eigenvalue weighted by molar-refractivity contribution is 7.88. The van der Waals surface area contributed by atoms with E-state index < -0.39 is 10.0 Å². The molecule has 2 aromatic heterocycles. The Kier molecular flexibility index (Phi) is 3.47. The van der Waals surface area contributed by atoms with E-state index >= 15 is 0 Å². The lowest BCUT2D eigenvalue weighted by atomic mass is 10.1. The zero-order valence-electron chi connectivity index (χ0n) is 12.7. The van der Waals surface area contributed by atoms with Crippen molar-refractivity contribution in [1.82, 2.24) is 19.4 Å². The number of hydrogen-bond donors (Lipinski definition) is 1. The lowest BCUT2D eigenvalue weighted by Gasteiger charge is -2.26. The molecular formula is C15H15N5O3S. The fourth-order valence-corrected chi connectivity index (χ4v) is 4.26. The van der Waals surface area contributed by atoms with Crippen molar-refractivity contribution in [3.63, 3.8) is 0 Å². The van der Waals surface area contributed by atoms with Gasteiger partial charge in [-0.25, -0.2) is 18.4 Å². The summed E-state index contributed by atoms with van der Waals surface area (Å²) < 4.78 is 32.1. The molecule has 1 aliphatic heterocycles. The minimum atomic E-state index is -3.54. The number of sulfonamides is 1. The van der Waals surface area contributed by atoms with Gasteiger partial charge >= 0.3 is 0 Å². The molecule has 8 nitrogen and oxygen atoms in total. The maximum absolute atomic E-state index is 12.8. The maximum Gasteiger partial charge on any atom is 0.220 e. The highest BCUT2D eigenvalue weighted by Crippen LogP contribution is 2.24. The molecule has 124 valence electrons. The number of fused-ring (bicyclic) bond motifs is 2. The molecule has 0 spiro atoms. The zero-order chi connectivity index (χ0) is 16.7. The number of nitrogens with zero attached hydrogens (tertiary/aromatic N) is 4. The average molecular weight is 345 g/mol. The quantitative estimate of drug-likeness (QED) is 0.755. The number of rotatable bonds is 3. The molecule has 0 fully saturated rings. The summed E-state index contributed by atoms with van der Waals surface area (Å²) in [5, 5.41) is 4.62. The topological polar surface area (TPSA) is 115 Å². The molecule has 1 aliphatic rings. The van der Waals surface area contributed by atoms with Crippen molar-refractivity contribution < 1.29 is 12.9 Å². The number of hydrogen-bond acceptors (Lipinski definition) is 7. The van der Waals surface area contributed by atoms with Crippen molar-refractivity contribution in [3.8, 4) is 0 Å². The molecule has 0 amide bonds. The van der Waals surface area contributed by atoms with Gasteiger partial charge in [0.05, 0.1) is 12.2 Å². The van der Waals surface area contributed by atoms with Gasteiger partial charge in [0.2, 0.25) is 16.0 Å². The largest absolute Gasteiger partial charge is 0.368 e. The molecule has 1 aromatic carbocycles. The zero-order valence-corrected chi connectivity index (χ0v) is 13.5. The van der Waals surface area contributed by atoms with Crippen LogP contribution in [0.1, 0.15) is 17.0 Å². The van der Waals surface area contributed by atoms with E-state index in [0.29, 0.717) is 35.3 Å². The molecule has 3 aromatic rings.